The van der Waals surface area contributed by atoms with Crippen LogP contribution in [0, 0.1) is 0 Å². The summed E-state index contributed by atoms with van der Waals surface area (Å²) < 4.78 is 0. The summed E-state index contributed by atoms with van der Waals surface area (Å²) in [6.45, 7) is 0. The van der Waals surface area contributed by atoms with E-state index < -0.39 is 0 Å². The van der Waals surface area contributed by atoms with Crippen LogP contribution < -0.4 is 9.80 Å². The van der Waals surface area contributed by atoms with Crippen molar-refractivity contribution in [2.45, 2.75) is 0 Å². The van der Waals surface area contributed by atoms with Crippen molar-refractivity contribution >= 4 is 55.7 Å². The Morgan fingerprint density at radius 3 is 1.35 bits per heavy atom. The van der Waals surface area contributed by atoms with Gasteiger partial charge in [-0.3, -0.25) is 0 Å². The molecule has 0 aliphatic rings. The summed E-state index contributed by atoms with van der Waals surface area (Å²) in [6.07, 6.45) is 0. The first-order chi connectivity index (χ1) is 25.8. The molecule has 0 atom stereocenters. The second-order valence-electron chi connectivity index (χ2n) is 13.0. The van der Waals surface area contributed by atoms with Gasteiger partial charge in [-0.15, -0.1) is 0 Å². The van der Waals surface area contributed by atoms with Crippen molar-refractivity contribution in [1.29, 1.82) is 0 Å². The standard InChI is InChI=1S/C50H36N2/c1-4-13-37(14-5-1)39-25-32-47(33-26-39)52(45-20-8-3-9-21-45)50-22-12-17-41-23-24-43(36-49(41)50)40-27-30-46(31-28-40)51(44-18-6-2-7-19-44)48-34-29-38-15-10-11-16-42(38)35-48/h1-36H. The molecule has 0 bridgehead atoms. The molecule has 0 aromatic heterocycles. The van der Waals surface area contributed by atoms with Crippen LogP contribution in [0.3, 0.4) is 0 Å². The van der Waals surface area contributed by atoms with Crippen LogP contribution in [0.25, 0.3) is 43.8 Å². The highest BCUT2D eigenvalue weighted by molar-refractivity contribution is 6.01. The Kier molecular flexibility index (Phi) is 8.24. The van der Waals surface area contributed by atoms with Crippen LogP contribution in [0.15, 0.2) is 218 Å². The van der Waals surface area contributed by atoms with Gasteiger partial charge in [0, 0.05) is 33.8 Å². The number of hydrogen-bond acceptors (Lipinski definition) is 2. The number of rotatable bonds is 8. The molecule has 0 spiro atoms. The fourth-order valence-corrected chi connectivity index (χ4v) is 7.21. The van der Waals surface area contributed by atoms with Gasteiger partial charge in [-0.25, -0.2) is 0 Å². The summed E-state index contributed by atoms with van der Waals surface area (Å²) >= 11 is 0. The monoisotopic (exact) mass is 664 g/mol. The van der Waals surface area contributed by atoms with E-state index >= 15 is 0 Å². The molecule has 0 radical (unpaired) electrons. The molecule has 0 unspecified atom stereocenters. The van der Waals surface area contributed by atoms with Crippen LogP contribution in [-0.4, -0.2) is 0 Å². The average Bonchev–Trinajstić information content (AvgIpc) is 3.23. The maximum Gasteiger partial charge on any atom is 0.0540 e. The van der Waals surface area contributed by atoms with Gasteiger partial charge in [-0.2, -0.15) is 0 Å². The zero-order valence-corrected chi connectivity index (χ0v) is 28.7. The Hall–Kier alpha value is -6.90. The molecule has 9 aromatic rings. The van der Waals surface area contributed by atoms with Gasteiger partial charge in [-0.1, -0.05) is 146 Å². The van der Waals surface area contributed by atoms with Crippen molar-refractivity contribution in [3.8, 4) is 22.3 Å². The third-order valence-corrected chi connectivity index (χ3v) is 9.81. The summed E-state index contributed by atoms with van der Waals surface area (Å²) in [5, 5.41) is 4.86. The first kappa shape index (κ1) is 31.1. The number of nitrogens with zero attached hydrogens (tertiary/aromatic N) is 2. The van der Waals surface area contributed by atoms with Crippen LogP contribution in [0.1, 0.15) is 0 Å². The molecule has 0 aliphatic heterocycles. The molecule has 0 saturated heterocycles. The molecular weight excluding hydrogens is 629 g/mol. The van der Waals surface area contributed by atoms with Gasteiger partial charge in [0.15, 0.2) is 0 Å². The SMILES string of the molecule is c1ccc(-c2ccc(N(c3ccccc3)c3cccc4ccc(-c5ccc(N(c6ccccc6)c6ccc7ccccc7c6)cc5)cc34)cc2)cc1. The van der Waals surface area contributed by atoms with Crippen LogP contribution >= 0.6 is 0 Å². The zero-order valence-electron chi connectivity index (χ0n) is 28.7. The van der Waals surface area contributed by atoms with E-state index in [0.717, 1.165) is 34.1 Å². The fraction of sp³-hybridized carbons (Fsp3) is 0. The second kappa shape index (κ2) is 13.8. The normalized spacial score (nSPS) is 11.1. The molecular formula is C50H36N2. The lowest BCUT2D eigenvalue weighted by Crippen LogP contribution is -2.10. The highest BCUT2D eigenvalue weighted by atomic mass is 15.1. The quantitative estimate of drug-likeness (QED) is 0.159. The maximum absolute atomic E-state index is 2.37. The highest BCUT2D eigenvalue weighted by Gasteiger charge is 2.17. The van der Waals surface area contributed by atoms with Gasteiger partial charge >= 0.3 is 0 Å². The summed E-state index contributed by atoms with van der Waals surface area (Å²) in [5.41, 5.74) is 11.5. The first-order valence-electron chi connectivity index (χ1n) is 17.8. The van der Waals surface area contributed by atoms with Crippen molar-refractivity contribution in [2.24, 2.45) is 0 Å². The number of fused-ring (bicyclic) bond motifs is 2. The van der Waals surface area contributed by atoms with E-state index in [0.29, 0.717) is 0 Å². The van der Waals surface area contributed by atoms with Crippen molar-refractivity contribution in [2.75, 3.05) is 9.80 Å². The van der Waals surface area contributed by atoms with Crippen molar-refractivity contribution < 1.29 is 0 Å². The van der Waals surface area contributed by atoms with Gasteiger partial charge < -0.3 is 9.80 Å². The summed E-state index contributed by atoms with van der Waals surface area (Å²) in [6, 6.07) is 78.3. The van der Waals surface area contributed by atoms with Gasteiger partial charge in [0.2, 0.25) is 0 Å². The van der Waals surface area contributed by atoms with E-state index in [1.54, 1.807) is 0 Å². The molecule has 2 heteroatoms. The second-order valence-corrected chi connectivity index (χ2v) is 13.0. The van der Waals surface area contributed by atoms with Crippen LogP contribution in [0.4, 0.5) is 34.1 Å². The lowest BCUT2D eigenvalue weighted by atomic mass is 9.98. The van der Waals surface area contributed by atoms with Crippen molar-refractivity contribution in [1.82, 2.24) is 0 Å². The molecule has 9 aromatic carbocycles. The van der Waals surface area contributed by atoms with Gasteiger partial charge in [0.25, 0.3) is 0 Å². The van der Waals surface area contributed by atoms with E-state index in [1.165, 1.54) is 43.8 Å². The lowest BCUT2D eigenvalue weighted by Gasteiger charge is -2.27. The smallest absolute Gasteiger partial charge is 0.0540 e. The Morgan fingerprint density at radius 1 is 0.231 bits per heavy atom. The minimum absolute atomic E-state index is 1.11. The molecule has 0 aliphatic carbocycles. The van der Waals surface area contributed by atoms with E-state index in [4.69, 9.17) is 0 Å². The van der Waals surface area contributed by atoms with E-state index in [-0.39, 0.29) is 0 Å². The minimum atomic E-state index is 1.11. The number of anilines is 6. The summed E-state index contributed by atoms with van der Waals surface area (Å²) in [5.74, 6) is 0. The maximum atomic E-state index is 2.37. The van der Waals surface area contributed by atoms with Gasteiger partial charge in [0.1, 0.15) is 0 Å². The molecule has 52 heavy (non-hydrogen) atoms. The summed E-state index contributed by atoms with van der Waals surface area (Å²) in [4.78, 5) is 4.70. The third kappa shape index (κ3) is 6.08. The minimum Gasteiger partial charge on any atom is -0.310 e. The average molecular weight is 665 g/mol. The fourth-order valence-electron chi connectivity index (χ4n) is 7.21. The number of para-hydroxylation sites is 2. The Balaban J connectivity index is 1.11. The molecule has 0 saturated carbocycles. The van der Waals surface area contributed by atoms with Gasteiger partial charge in [0.05, 0.1) is 5.69 Å². The molecule has 2 nitrogen and oxygen atoms in total. The van der Waals surface area contributed by atoms with E-state index in [1.807, 2.05) is 0 Å². The molecule has 246 valence electrons. The van der Waals surface area contributed by atoms with Crippen molar-refractivity contribution in [3.63, 3.8) is 0 Å². The molecule has 0 amide bonds. The number of hydrogen-bond donors (Lipinski definition) is 0. The molecule has 0 heterocycles. The predicted octanol–water partition coefficient (Wildman–Crippen LogP) is 14.3. The van der Waals surface area contributed by atoms with E-state index in [9.17, 15) is 0 Å². The molecule has 9 rings (SSSR count). The lowest BCUT2D eigenvalue weighted by molar-refractivity contribution is 1.29. The molecule has 0 N–H and O–H groups in total. The predicted molar refractivity (Wildman–Crippen MR) is 222 cm³/mol. The van der Waals surface area contributed by atoms with Crippen LogP contribution in [-0.2, 0) is 0 Å². The first-order valence-corrected chi connectivity index (χ1v) is 17.8. The van der Waals surface area contributed by atoms with Crippen LogP contribution in [0.5, 0.6) is 0 Å². The Bertz CT molecular complexity index is 2600. The molecule has 0 fully saturated rings. The number of benzene rings is 9. The third-order valence-electron chi connectivity index (χ3n) is 9.81. The Labute approximate surface area is 305 Å². The van der Waals surface area contributed by atoms with Crippen molar-refractivity contribution in [3.05, 3.63) is 218 Å². The summed E-state index contributed by atoms with van der Waals surface area (Å²) in [7, 11) is 0. The van der Waals surface area contributed by atoms with E-state index in [2.05, 4.69) is 228 Å². The Morgan fingerprint density at radius 2 is 0.673 bits per heavy atom. The largest absolute Gasteiger partial charge is 0.310 e. The van der Waals surface area contributed by atoms with Gasteiger partial charge in [-0.05, 0) is 111 Å². The zero-order chi connectivity index (χ0) is 34.7. The van der Waals surface area contributed by atoms with Crippen LogP contribution in [0.2, 0.25) is 0 Å². The topological polar surface area (TPSA) is 6.48 Å². The highest BCUT2D eigenvalue weighted by Crippen LogP contribution is 2.41.